The lowest BCUT2D eigenvalue weighted by atomic mass is 9.92. The number of esters is 1. The van der Waals surface area contributed by atoms with Crippen LogP contribution in [-0.4, -0.2) is 77.0 Å². The van der Waals surface area contributed by atoms with E-state index in [4.69, 9.17) is 37.7 Å². The van der Waals surface area contributed by atoms with Crippen molar-refractivity contribution < 1.29 is 41.8 Å². The van der Waals surface area contributed by atoms with Crippen LogP contribution < -0.4 is 0 Å². The molecule has 16 heteroatoms. The molecule has 0 saturated carbocycles. The van der Waals surface area contributed by atoms with Gasteiger partial charge in [-0.3, -0.25) is 4.90 Å². The lowest BCUT2D eigenvalue weighted by molar-refractivity contribution is 0.0288. The van der Waals surface area contributed by atoms with E-state index in [-0.39, 0.29) is 68.1 Å². The molecule has 11 nitrogen and oxygen atoms in total. The molecule has 0 radical (unpaired) electrons. The Bertz CT molecular complexity index is 2590. The van der Waals surface area contributed by atoms with E-state index in [0.29, 0.717) is 49.1 Å². The molecule has 0 bridgehead atoms. The van der Waals surface area contributed by atoms with Crippen molar-refractivity contribution in [2.45, 2.75) is 70.6 Å². The molecule has 3 aromatic carbocycles. The third-order valence-corrected chi connectivity index (χ3v) is 11.6. The van der Waals surface area contributed by atoms with E-state index in [1.54, 1.807) is 60.9 Å². The Morgan fingerprint density at radius 1 is 0.932 bits per heavy atom. The second-order valence-electron chi connectivity index (χ2n) is 15.5. The fourth-order valence-electron chi connectivity index (χ4n) is 8.24. The van der Waals surface area contributed by atoms with Gasteiger partial charge in [-0.05, 0) is 82.3 Å². The zero-order valence-corrected chi connectivity index (χ0v) is 34.4. The number of fused-ring (bicyclic) bond motifs is 3. The van der Waals surface area contributed by atoms with Gasteiger partial charge in [-0.15, -0.1) is 0 Å². The molecule has 2 saturated heterocycles. The van der Waals surface area contributed by atoms with Crippen LogP contribution in [0, 0.1) is 28.8 Å². The lowest BCUT2D eigenvalue weighted by Crippen LogP contribution is -2.36. The van der Waals surface area contributed by atoms with Gasteiger partial charge in [0, 0.05) is 59.2 Å². The Hall–Kier alpha value is -5.52. The number of ether oxygens (including phenoxy) is 3. The van der Waals surface area contributed by atoms with Crippen LogP contribution in [0.4, 0.5) is 22.8 Å². The van der Waals surface area contributed by atoms with Gasteiger partial charge in [0.25, 0.3) is 0 Å². The van der Waals surface area contributed by atoms with Gasteiger partial charge in [0.2, 0.25) is 0 Å². The highest BCUT2D eigenvalue weighted by molar-refractivity contribution is 6.43. The summed E-state index contributed by atoms with van der Waals surface area (Å²) in [5.74, 6) is -4.87. The Morgan fingerprint density at radius 2 is 1.69 bits per heavy atom. The first-order chi connectivity index (χ1) is 28.1. The summed E-state index contributed by atoms with van der Waals surface area (Å²) < 4.78 is 67.4. The summed E-state index contributed by atoms with van der Waals surface area (Å²) in [4.78, 5) is 46.9. The van der Waals surface area contributed by atoms with E-state index in [0.717, 1.165) is 13.2 Å². The zero-order valence-electron chi connectivity index (χ0n) is 32.9. The molecule has 7 rings (SSSR count). The van der Waals surface area contributed by atoms with Crippen LogP contribution in [0.15, 0.2) is 42.5 Å². The molecule has 2 amide bonds. The van der Waals surface area contributed by atoms with E-state index in [1.165, 1.54) is 13.2 Å². The first kappa shape index (κ1) is 41.6. The number of nitriles is 1. The fourth-order valence-corrected chi connectivity index (χ4v) is 8.64. The molecule has 2 fully saturated rings. The normalized spacial score (nSPS) is 16.8. The van der Waals surface area contributed by atoms with Gasteiger partial charge in [-0.2, -0.15) is 5.26 Å². The maximum absolute atomic E-state index is 17.7. The summed E-state index contributed by atoms with van der Waals surface area (Å²) in [5, 5.41) is 10.4. The highest BCUT2D eigenvalue weighted by atomic mass is 35.5. The third-order valence-electron chi connectivity index (χ3n) is 10.8. The van der Waals surface area contributed by atoms with E-state index in [1.807, 2.05) is 4.57 Å². The van der Waals surface area contributed by atoms with Crippen molar-refractivity contribution in [3.05, 3.63) is 86.8 Å². The zero-order chi connectivity index (χ0) is 42.5. The van der Waals surface area contributed by atoms with Gasteiger partial charge < -0.3 is 23.7 Å². The molecule has 0 spiro atoms. The quantitative estimate of drug-likeness (QED) is 0.117. The second-order valence-corrected chi connectivity index (χ2v) is 16.3. The summed E-state index contributed by atoms with van der Waals surface area (Å²) in [7, 11) is 2.32. The number of likely N-dealkylation sites (tertiary alicyclic amines) is 2. The van der Waals surface area contributed by atoms with Crippen LogP contribution in [0.5, 0.6) is 0 Å². The van der Waals surface area contributed by atoms with E-state index < -0.39 is 58.9 Å². The number of halogens is 5. The number of aryl methyl sites for hydroxylation is 1. The minimum atomic E-state index is -1.49. The molecule has 59 heavy (non-hydrogen) atoms. The Balaban J connectivity index is 1.61. The Kier molecular flexibility index (Phi) is 11.5. The van der Waals surface area contributed by atoms with Crippen molar-refractivity contribution in [2.24, 2.45) is 0 Å². The monoisotopic (exact) mass is 849 g/mol. The number of carbonyl (C=O) groups excluding carboxylic acids is 3. The highest BCUT2D eigenvalue weighted by Crippen LogP contribution is 2.47. The van der Waals surface area contributed by atoms with Crippen LogP contribution in [-0.2, 0) is 20.6 Å². The molecular weight excluding hydrogens is 810 g/mol. The maximum Gasteiger partial charge on any atom is 0.410 e. The van der Waals surface area contributed by atoms with Gasteiger partial charge in [-0.1, -0.05) is 35.3 Å². The number of hydrogen-bond donors (Lipinski definition) is 0. The second kappa shape index (κ2) is 16.3. The topological polar surface area (TPSA) is 127 Å². The summed E-state index contributed by atoms with van der Waals surface area (Å²) in [6.45, 7) is 6.12. The summed E-state index contributed by atoms with van der Waals surface area (Å²) >= 11 is 13.1. The van der Waals surface area contributed by atoms with E-state index >= 15 is 13.2 Å². The number of nitrogens with zero attached hydrogens (tertiary/aromatic N) is 5. The SMILES string of the molecule is COC(=O)c1ccc(-c2nc3c(F)c(-c4cccc(Cl)c4Cl)c(CCC#N)cc3c3c2cc(C2CCCN2C(=O)OC)n3C2CCN(C(=O)OC(C)(C)C)C2)c(F)c1F. The number of rotatable bonds is 7. The van der Waals surface area contributed by atoms with Crippen LogP contribution in [0.25, 0.3) is 44.2 Å². The smallest absolute Gasteiger partial charge is 0.410 e. The fraction of sp³-hybridized carbons (Fsp3) is 0.372. The predicted octanol–water partition coefficient (Wildman–Crippen LogP) is 10.6. The van der Waals surface area contributed by atoms with E-state index in [9.17, 15) is 19.6 Å². The lowest BCUT2D eigenvalue weighted by Gasteiger charge is -2.28. The number of carbonyl (C=O) groups is 3. The molecule has 0 N–H and O–H groups in total. The van der Waals surface area contributed by atoms with Gasteiger partial charge in [0.15, 0.2) is 17.5 Å². The minimum Gasteiger partial charge on any atom is -0.465 e. The van der Waals surface area contributed by atoms with Crippen molar-refractivity contribution in [1.29, 1.82) is 5.26 Å². The number of amides is 2. The van der Waals surface area contributed by atoms with Gasteiger partial charge in [0.1, 0.15) is 11.1 Å². The van der Waals surface area contributed by atoms with Crippen LogP contribution in [0.3, 0.4) is 0 Å². The van der Waals surface area contributed by atoms with Crippen LogP contribution in [0.2, 0.25) is 10.0 Å². The van der Waals surface area contributed by atoms with Crippen LogP contribution in [0.1, 0.15) is 80.2 Å². The average molecular weight is 851 g/mol. The van der Waals surface area contributed by atoms with Gasteiger partial charge >= 0.3 is 18.2 Å². The minimum absolute atomic E-state index is 0.0116. The first-order valence-electron chi connectivity index (χ1n) is 19.0. The number of aromatic nitrogens is 2. The number of pyridine rings is 1. The molecule has 2 aliphatic rings. The van der Waals surface area contributed by atoms with Crippen molar-refractivity contribution in [1.82, 2.24) is 19.4 Å². The molecule has 4 heterocycles. The van der Waals surface area contributed by atoms with Crippen molar-refractivity contribution >= 4 is 63.2 Å². The van der Waals surface area contributed by atoms with Gasteiger partial charge in [0.05, 0.1) is 59.2 Å². The molecule has 308 valence electrons. The number of hydrogen-bond acceptors (Lipinski definition) is 8. The standard InChI is InChI=1S/C43H40Cl2F3N5O6/c1-43(2,3)59-41(55)51-18-15-23(21-51)53-31(30-12-8-17-52(30)42(56)58-5)20-28-37(25-13-14-26(40(54)57-4)35(47)34(25)46)50-38-27(39(28)53)19-22(9-7-16-49)32(36(38)48)24-10-6-11-29(44)33(24)45/h6,10-11,13-14,19-20,23,30H,7-9,12,15,17-18,21H2,1-5H3. The Morgan fingerprint density at radius 3 is 2.39 bits per heavy atom. The summed E-state index contributed by atoms with van der Waals surface area (Å²) in [5.41, 5.74) is -0.592. The number of methoxy groups -OCH3 is 2. The molecule has 0 aliphatic carbocycles. The van der Waals surface area contributed by atoms with Gasteiger partial charge in [-0.25, -0.2) is 32.5 Å². The van der Waals surface area contributed by atoms with Crippen molar-refractivity contribution in [3.8, 4) is 28.5 Å². The third kappa shape index (κ3) is 7.51. The molecule has 5 aromatic rings. The summed E-state index contributed by atoms with van der Waals surface area (Å²) in [6, 6.07) is 11.5. The molecule has 2 aromatic heterocycles. The van der Waals surface area contributed by atoms with Crippen molar-refractivity contribution in [3.63, 3.8) is 0 Å². The summed E-state index contributed by atoms with van der Waals surface area (Å²) in [6.07, 6.45) is 0.543. The molecule has 2 atom stereocenters. The largest absolute Gasteiger partial charge is 0.465 e. The molecule has 2 aliphatic heterocycles. The molecular formula is C43H40Cl2F3N5O6. The predicted molar refractivity (Wildman–Crippen MR) is 216 cm³/mol. The average Bonchev–Trinajstić information content (AvgIpc) is 3.97. The maximum atomic E-state index is 17.7. The molecule has 2 unspecified atom stereocenters. The Labute approximate surface area is 348 Å². The van der Waals surface area contributed by atoms with E-state index in [2.05, 4.69) is 10.8 Å². The van der Waals surface area contributed by atoms with Crippen molar-refractivity contribution in [2.75, 3.05) is 33.9 Å². The van der Waals surface area contributed by atoms with Crippen LogP contribution >= 0.6 is 23.2 Å². The highest BCUT2D eigenvalue weighted by Gasteiger charge is 2.39. The number of benzene rings is 3. The first-order valence-corrected chi connectivity index (χ1v) is 19.8.